The summed E-state index contributed by atoms with van der Waals surface area (Å²) in [6.07, 6.45) is 5.19. The predicted molar refractivity (Wildman–Crippen MR) is 124 cm³/mol. The van der Waals surface area contributed by atoms with Crippen molar-refractivity contribution in [1.29, 1.82) is 0 Å². The molecule has 1 aliphatic rings. The van der Waals surface area contributed by atoms with Crippen LogP contribution in [-0.4, -0.2) is 44.9 Å². The number of rotatable bonds is 9. The lowest BCUT2D eigenvalue weighted by molar-refractivity contribution is -0.116. The van der Waals surface area contributed by atoms with E-state index in [0.29, 0.717) is 19.1 Å². The van der Waals surface area contributed by atoms with Crippen molar-refractivity contribution in [2.75, 3.05) is 19.6 Å². The number of nitrogens with one attached hydrogen (secondary N) is 2. The molecule has 1 aliphatic heterocycles. The van der Waals surface area contributed by atoms with Gasteiger partial charge in [-0.05, 0) is 47.7 Å². The SMILES string of the molecule is CCNS(=O)(=O)c1ccc(/C=C/C(=O)NCC(CC)N2CCc3ccccc3C2)cc1. The first kappa shape index (κ1) is 23.2. The molecule has 0 radical (unpaired) electrons. The maximum absolute atomic E-state index is 12.3. The van der Waals surface area contributed by atoms with Crippen molar-refractivity contribution in [1.82, 2.24) is 14.9 Å². The molecule has 0 aromatic heterocycles. The molecule has 1 heterocycles. The number of carbonyl (C=O) groups is 1. The molecule has 7 heteroatoms. The summed E-state index contributed by atoms with van der Waals surface area (Å²) in [4.78, 5) is 15.0. The number of sulfonamides is 1. The van der Waals surface area contributed by atoms with E-state index in [2.05, 4.69) is 46.1 Å². The van der Waals surface area contributed by atoms with Crippen molar-refractivity contribution in [3.63, 3.8) is 0 Å². The molecule has 166 valence electrons. The van der Waals surface area contributed by atoms with Crippen LogP contribution in [0.1, 0.15) is 37.0 Å². The van der Waals surface area contributed by atoms with Gasteiger partial charge in [0.15, 0.2) is 0 Å². The fourth-order valence-corrected chi connectivity index (χ4v) is 4.88. The molecule has 1 amide bonds. The number of nitrogens with zero attached hydrogens (tertiary/aromatic N) is 1. The van der Waals surface area contributed by atoms with E-state index in [9.17, 15) is 13.2 Å². The third-order valence-electron chi connectivity index (χ3n) is 5.61. The number of carbonyl (C=O) groups excluding carboxylic acids is 1. The molecule has 0 fully saturated rings. The van der Waals surface area contributed by atoms with Crippen LogP contribution in [0.15, 0.2) is 59.5 Å². The van der Waals surface area contributed by atoms with E-state index >= 15 is 0 Å². The molecule has 3 rings (SSSR count). The van der Waals surface area contributed by atoms with Crippen LogP contribution in [0.3, 0.4) is 0 Å². The Hall–Kier alpha value is -2.48. The summed E-state index contributed by atoms with van der Waals surface area (Å²) in [7, 11) is -3.47. The Labute approximate surface area is 185 Å². The molecule has 1 unspecified atom stereocenters. The van der Waals surface area contributed by atoms with Gasteiger partial charge in [0.1, 0.15) is 0 Å². The van der Waals surface area contributed by atoms with E-state index < -0.39 is 10.0 Å². The van der Waals surface area contributed by atoms with Crippen LogP contribution in [0.25, 0.3) is 6.08 Å². The van der Waals surface area contributed by atoms with E-state index in [-0.39, 0.29) is 10.8 Å². The van der Waals surface area contributed by atoms with Crippen LogP contribution in [0.5, 0.6) is 0 Å². The molecular weight excluding hydrogens is 410 g/mol. The van der Waals surface area contributed by atoms with Gasteiger partial charge in [-0.2, -0.15) is 0 Å². The average molecular weight is 442 g/mol. The van der Waals surface area contributed by atoms with Gasteiger partial charge in [-0.1, -0.05) is 50.2 Å². The Morgan fingerprint density at radius 2 is 1.81 bits per heavy atom. The highest BCUT2D eigenvalue weighted by molar-refractivity contribution is 7.89. The van der Waals surface area contributed by atoms with Crippen LogP contribution >= 0.6 is 0 Å². The minimum atomic E-state index is -3.47. The maximum atomic E-state index is 12.3. The van der Waals surface area contributed by atoms with E-state index in [1.807, 2.05) is 0 Å². The molecule has 1 atom stereocenters. The van der Waals surface area contributed by atoms with Gasteiger partial charge < -0.3 is 5.32 Å². The summed E-state index contributed by atoms with van der Waals surface area (Å²) in [5.74, 6) is -0.153. The van der Waals surface area contributed by atoms with E-state index in [0.717, 1.165) is 31.5 Å². The molecule has 0 saturated heterocycles. The van der Waals surface area contributed by atoms with Crippen molar-refractivity contribution in [2.45, 2.75) is 44.2 Å². The highest BCUT2D eigenvalue weighted by Gasteiger charge is 2.22. The second-order valence-corrected chi connectivity index (χ2v) is 9.47. The molecule has 2 aromatic rings. The van der Waals surface area contributed by atoms with Gasteiger partial charge in [0, 0.05) is 38.3 Å². The lowest BCUT2D eigenvalue weighted by atomic mass is 9.98. The zero-order valence-electron chi connectivity index (χ0n) is 18.2. The van der Waals surface area contributed by atoms with Crippen LogP contribution in [0.2, 0.25) is 0 Å². The largest absolute Gasteiger partial charge is 0.351 e. The summed E-state index contributed by atoms with van der Waals surface area (Å²) >= 11 is 0. The molecule has 0 bridgehead atoms. The normalized spacial score (nSPS) is 15.5. The zero-order chi connectivity index (χ0) is 22.3. The highest BCUT2D eigenvalue weighted by Crippen LogP contribution is 2.21. The van der Waals surface area contributed by atoms with Gasteiger partial charge in [0.05, 0.1) is 4.90 Å². The van der Waals surface area contributed by atoms with Crippen LogP contribution in [0.4, 0.5) is 0 Å². The van der Waals surface area contributed by atoms with Crippen molar-refractivity contribution in [3.8, 4) is 0 Å². The second-order valence-electron chi connectivity index (χ2n) is 7.70. The quantitative estimate of drug-likeness (QED) is 0.587. The Morgan fingerprint density at radius 1 is 1.10 bits per heavy atom. The average Bonchev–Trinajstić information content (AvgIpc) is 2.78. The second kappa shape index (κ2) is 10.7. The van der Waals surface area contributed by atoms with Crippen LogP contribution in [0, 0.1) is 0 Å². The molecule has 2 aromatic carbocycles. The Kier molecular flexibility index (Phi) is 8.01. The van der Waals surface area contributed by atoms with Crippen molar-refractivity contribution < 1.29 is 13.2 Å². The minimum absolute atomic E-state index is 0.153. The topological polar surface area (TPSA) is 78.5 Å². The smallest absolute Gasteiger partial charge is 0.244 e. The summed E-state index contributed by atoms with van der Waals surface area (Å²) in [6.45, 7) is 6.75. The van der Waals surface area contributed by atoms with Gasteiger partial charge in [0.2, 0.25) is 15.9 Å². The predicted octanol–water partition coefficient (Wildman–Crippen LogP) is 2.95. The van der Waals surface area contributed by atoms with Crippen molar-refractivity contribution >= 4 is 22.0 Å². The fourth-order valence-electron chi connectivity index (χ4n) is 3.84. The summed E-state index contributed by atoms with van der Waals surface area (Å²) in [5.41, 5.74) is 3.56. The van der Waals surface area contributed by atoms with Crippen molar-refractivity contribution in [3.05, 3.63) is 71.3 Å². The first-order valence-electron chi connectivity index (χ1n) is 10.8. The van der Waals surface area contributed by atoms with Crippen LogP contribution < -0.4 is 10.0 Å². The Bertz CT molecular complexity index is 1020. The molecule has 0 spiro atoms. The van der Waals surface area contributed by atoms with Gasteiger partial charge >= 0.3 is 0 Å². The third-order valence-corrected chi connectivity index (χ3v) is 7.17. The van der Waals surface area contributed by atoms with Gasteiger partial charge in [-0.25, -0.2) is 13.1 Å². The lowest BCUT2D eigenvalue weighted by Crippen LogP contribution is -2.45. The molecule has 2 N–H and O–H groups in total. The van der Waals surface area contributed by atoms with Gasteiger partial charge in [0.25, 0.3) is 0 Å². The Balaban J connectivity index is 1.52. The lowest BCUT2D eigenvalue weighted by Gasteiger charge is -2.35. The highest BCUT2D eigenvalue weighted by atomic mass is 32.2. The number of fused-ring (bicyclic) bond motifs is 1. The number of hydrogen-bond donors (Lipinski definition) is 2. The van der Waals surface area contributed by atoms with E-state index in [4.69, 9.17) is 0 Å². The number of amides is 1. The first-order valence-corrected chi connectivity index (χ1v) is 12.3. The standard InChI is InChI=1S/C24H31N3O3S/c1-3-22(27-16-15-20-7-5-6-8-21(20)18-27)17-25-24(28)14-11-19-9-12-23(13-10-19)31(29,30)26-4-2/h5-14,22,26H,3-4,15-18H2,1-2H3,(H,25,28)/b14-11+. The van der Waals surface area contributed by atoms with E-state index in [1.54, 1.807) is 25.1 Å². The molecule has 0 saturated carbocycles. The van der Waals surface area contributed by atoms with Gasteiger partial charge in [-0.15, -0.1) is 0 Å². The van der Waals surface area contributed by atoms with Crippen molar-refractivity contribution in [2.24, 2.45) is 0 Å². The molecule has 31 heavy (non-hydrogen) atoms. The number of benzene rings is 2. The molecule has 0 aliphatic carbocycles. The fraction of sp³-hybridized carbons (Fsp3) is 0.375. The summed E-state index contributed by atoms with van der Waals surface area (Å²) in [5, 5.41) is 3.00. The van der Waals surface area contributed by atoms with Crippen LogP contribution in [-0.2, 0) is 27.8 Å². The Morgan fingerprint density at radius 3 is 2.48 bits per heavy atom. The first-order chi connectivity index (χ1) is 14.9. The summed E-state index contributed by atoms with van der Waals surface area (Å²) < 4.78 is 26.4. The van der Waals surface area contributed by atoms with Gasteiger partial charge in [-0.3, -0.25) is 9.69 Å². The molecule has 6 nitrogen and oxygen atoms in total. The maximum Gasteiger partial charge on any atom is 0.244 e. The third kappa shape index (κ3) is 6.26. The minimum Gasteiger partial charge on any atom is -0.351 e. The molecular formula is C24H31N3O3S. The zero-order valence-corrected chi connectivity index (χ0v) is 19.0. The monoisotopic (exact) mass is 441 g/mol. The summed E-state index contributed by atoms with van der Waals surface area (Å²) in [6, 6.07) is 15.3. The number of hydrogen-bond acceptors (Lipinski definition) is 4. The van der Waals surface area contributed by atoms with E-state index in [1.165, 1.54) is 29.3 Å².